The van der Waals surface area contributed by atoms with Crippen molar-refractivity contribution >= 4 is 5.91 Å². The summed E-state index contributed by atoms with van der Waals surface area (Å²) in [7, 11) is 0. The van der Waals surface area contributed by atoms with E-state index in [2.05, 4.69) is 5.32 Å². The molecule has 18 heavy (non-hydrogen) atoms. The zero-order chi connectivity index (χ0) is 12.8. The molecular weight excluding hydrogens is 224 g/mol. The lowest BCUT2D eigenvalue weighted by Gasteiger charge is -2.39. The molecule has 0 aromatic heterocycles. The van der Waals surface area contributed by atoms with Gasteiger partial charge in [-0.05, 0) is 24.7 Å². The highest BCUT2D eigenvalue weighted by molar-refractivity contribution is 5.73. The second-order valence-corrected chi connectivity index (χ2v) is 6.12. The molecule has 3 N–H and O–H groups in total. The summed E-state index contributed by atoms with van der Waals surface area (Å²) in [6, 6.07) is 0.640. The van der Waals surface area contributed by atoms with Crippen LogP contribution in [-0.2, 0) is 4.79 Å². The highest BCUT2D eigenvalue weighted by Gasteiger charge is 2.31. The third-order valence-corrected chi connectivity index (χ3v) is 4.85. The third kappa shape index (κ3) is 3.98. The largest absolute Gasteiger partial charge is 0.370 e. The SMILES string of the molecule is NC(=O)CCNC1CCCCC1C1CCCCC1. The van der Waals surface area contributed by atoms with Crippen molar-refractivity contribution < 1.29 is 4.79 Å². The molecule has 2 fully saturated rings. The molecule has 0 saturated heterocycles. The van der Waals surface area contributed by atoms with Gasteiger partial charge in [-0.25, -0.2) is 0 Å². The van der Waals surface area contributed by atoms with Gasteiger partial charge in [0.25, 0.3) is 0 Å². The second kappa shape index (κ2) is 7.13. The lowest BCUT2D eigenvalue weighted by atomic mass is 9.71. The molecule has 0 heterocycles. The van der Waals surface area contributed by atoms with E-state index in [1.807, 2.05) is 0 Å². The Morgan fingerprint density at radius 3 is 2.39 bits per heavy atom. The zero-order valence-corrected chi connectivity index (χ0v) is 11.5. The molecule has 104 valence electrons. The lowest BCUT2D eigenvalue weighted by molar-refractivity contribution is -0.117. The van der Waals surface area contributed by atoms with E-state index in [-0.39, 0.29) is 5.91 Å². The standard InChI is InChI=1S/C15H28N2O/c16-15(18)10-11-17-14-9-5-4-8-13(14)12-6-2-1-3-7-12/h12-14,17H,1-11H2,(H2,16,18). The fraction of sp³-hybridized carbons (Fsp3) is 0.933. The number of nitrogens with one attached hydrogen (secondary N) is 1. The van der Waals surface area contributed by atoms with E-state index in [9.17, 15) is 4.79 Å². The van der Waals surface area contributed by atoms with Crippen LogP contribution in [-0.4, -0.2) is 18.5 Å². The predicted octanol–water partition coefficient (Wildman–Crippen LogP) is 2.59. The Morgan fingerprint density at radius 1 is 1.00 bits per heavy atom. The van der Waals surface area contributed by atoms with Gasteiger partial charge in [-0.15, -0.1) is 0 Å². The lowest BCUT2D eigenvalue weighted by Crippen LogP contribution is -2.43. The first-order valence-electron chi connectivity index (χ1n) is 7.79. The molecular formula is C15H28N2O. The van der Waals surface area contributed by atoms with Crippen LogP contribution in [0.15, 0.2) is 0 Å². The molecule has 2 saturated carbocycles. The second-order valence-electron chi connectivity index (χ2n) is 6.12. The number of carbonyl (C=O) groups excluding carboxylic acids is 1. The fourth-order valence-electron chi connectivity index (χ4n) is 3.92. The summed E-state index contributed by atoms with van der Waals surface area (Å²) >= 11 is 0. The van der Waals surface area contributed by atoms with Crippen molar-refractivity contribution in [2.24, 2.45) is 17.6 Å². The van der Waals surface area contributed by atoms with Crippen LogP contribution in [0.25, 0.3) is 0 Å². The van der Waals surface area contributed by atoms with Crippen molar-refractivity contribution in [2.75, 3.05) is 6.54 Å². The minimum absolute atomic E-state index is 0.187. The number of primary amides is 1. The van der Waals surface area contributed by atoms with E-state index in [1.165, 1.54) is 57.8 Å². The third-order valence-electron chi connectivity index (χ3n) is 4.85. The normalized spacial score (nSPS) is 30.2. The monoisotopic (exact) mass is 252 g/mol. The minimum atomic E-state index is -0.187. The number of rotatable bonds is 5. The van der Waals surface area contributed by atoms with Crippen molar-refractivity contribution in [1.29, 1.82) is 0 Å². The van der Waals surface area contributed by atoms with Crippen molar-refractivity contribution in [3.05, 3.63) is 0 Å². The minimum Gasteiger partial charge on any atom is -0.370 e. The molecule has 2 unspecified atom stereocenters. The smallest absolute Gasteiger partial charge is 0.218 e. The Hall–Kier alpha value is -0.570. The maximum atomic E-state index is 10.8. The fourth-order valence-corrected chi connectivity index (χ4v) is 3.92. The summed E-state index contributed by atoms with van der Waals surface area (Å²) in [5.41, 5.74) is 5.21. The van der Waals surface area contributed by atoms with E-state index in [0.29, 0.717) is 12.5 Å². The molecule has 0 spiro atoms. The molecule has 3 heteroatoms. The van der Waals surface area contributed by atoms with Crippen LogP contribution in [0.2, 0.25) is 0 Å². The van der Waals surface area contributed by atoms with Gasteiger partial charge in [0.2, 0.25) is 5.91 Å². The highest BCUT2D eigenvalue weighted by Crippen LogP contribution is 2.38. The molecule has 0 radical (unpaired) electrons. The van der Waals surface area contributed by atoms with Crippen LogP contribution >= 0.6 is 0 Å². The van der Waals surface area contributed by atoms with Gasteiger partial charge in [-0.3, -0.25) is 4.79 Å². The Labute approximate surface area is 111 Å². The number of nitrogens with two attached hydrogens (primary N) is 1. The van der Waals surface area contributed by atoms with Crippen LogP contribution in [0.5, 0.6) is 0 Å². The van der Waals surface area contributed by atoms with Gasteiger partial charge in [0, 0.05) is 19.0 Å². The Bertz CT molecular complexity index is 261. The first kappa shape index (κ1) is 13.9. The number of hydrogen-bond donors (Lipinski definition) is 2. The maximum Gasteiger partial charge on any atom is 0.218 e. The molecule has 2 rings (SSSR count). The van der Waals surface area contributed by atoms with Gasteiger partial charge in [0.15, 0.2) is 0 Å². The van der Waals surface area contributed by atoms with E-state index in [1.54, 1.807) is 0 Å². The molecule has 0 aliphatic heterocycles. The number of hydrogen-bond acceptors (Lipinski definition) is 2. The highest BCUT2D eigenvalue weighted by atomic mass is 16.1. The van der Waals surface area contributed by atoms with Gasteiger partial charge in [-0.2, -0.15) is 0 Å². The number of carbonyl (C=O) groups is 1. The average molecular weight is 252 g/mol. The first-order valence-corrected chi connectivity index (χ1v) is 7.79. The first-order chi connectivity index (χ1) is 8.77. The molecule has 2 aliphatic carbocycles. The molecule has 2 atom stereocenters. The van der Waals surface area contributed by atoms with Crippen LogP contribution in [0, 0.1) is 11.8 Å². The van der Waals surface area contributed by atoms with Crippen molar-refractivity contribution in [3.8, 4) is 0 Å². The van der Waals surface area contributed by atoms with Gasteiger partial charge in [0.05, 0.1) is 0 Å². The summed E-state index contributed by atoms with van der Waals surface area (Å²) in [5, 5.41) is 3.60. The van der Waals surface area contributed by atoms with Gasteiger partial charge >= 0.3 is 0 Å². The maximum absolute atomic E-state index is 10.8. The average Bonchev–Trinajstić information content (AvgIpc) is 2.40. The van der Waals surface area contributed by atoms with Crippen molar-refractivity contribution in [3.63, 3.8) is 0 Å². The zero-order valence-electron chi connectivity index (χ0n) is 11.5. The van der Waals surface area contributed by atoms with Crippen LogP contribution in [0.3, 0.4) is 0 Å². The predicted molar refractivity (Wildman–Crippen MR) is 74.1 cm³/mol. The molecule has 0 aromatic carbocycles. The van der Waals surface area contributed by atoms with Crippen LogP contribution < -0.4 is 11.1 Å². The van der Waals surface area contributed by atoms with E-state index in [4.69, 9.17) is 5.73 Å². The quantitative estimate of drug-likeness (QED) is 0.790. The molecule has 1 amide bonds. The molecule has 2 aliphatic rings. The molecule has 0 bridgehead atoms. The summed E-state index contributed by atoms with van der Waals surface area (Å²) in [6.07, 6.45) is 13.0. The van der Waals surface area contributed by atoms with E-state index in [0.717, 1.165) is 18.4 Å². The van der Waals surface area contributed by atoms with E-state index >= 15 is 0 Å². The summed E-state index contributed by atoms with van der Waals surface area (Å²) in [4.78, 5) is 10.8. The van der Waals surface area contributed by atoms with Gasteiger partial charge in [-0.1, -0.05) is 44.9 Å². The summed E-state index contributed by atoms with van der Waals surface area (Å²) < 4.78 is 0. The number of amides is 1. The molecule has 0 aromatic rings. The summed E-state index contributed by atoms with van der Waals surface area (Å²) in [5.74, 6) is 1.60. The summed E-state index contributed by atoms with van der Waals surface area (Å²) in [6.45, 7) is 0.767. The Morgan fingerprint density at radius 2 is 1.67 bits per heavy atom. The van der Waals surface area contributed by atoms with Crippen LogP contribution in [0.4, 0.5) is 0 Å². The van der Waals surface area contributed by atoms with Crippen LogP contribution in [0.1, 0.15) is 64.2 Å². The van der Waals surface area contributed by atoms with Gasteiger partial charge in [0.1, 0.15) is 0 Å². The van der Waals surface area contributed by atoms with Crippen molar-refractivity contribution in [2.45, 2.75) is 70.3 Å². The van der Waals surface area contributed by atoms with E-state index < -0.39 is 0 Å². The molecule has 3 nitrogen and oxygen atoms in total. The topological polar surface area (TPSA) is 55.1 Å². The van der Waals surface area contributed by atoms with Gasteiger partial charge < -0.3 is 11.1 Å². The van der Waals surface area contributed by atoms with Crippen molar-refractivity contribution in [1.82, 2.24) is 5.32 Å². The Balaban J connectivity index is 1.82. The Kier molecular flexibility index (Phi) is 5.48.